The average Bonchev–Trinajstić information content (AvgIpc) is 2.90. The lowest BCUT2D eigenvalue weighted by Gasteiger charge is -2.11. The maximum Gasteiger partial charge on any atom is 0.220 e. The Bertz CT molecular complexity index is 371. The van der Waals surface area contributed by atoms with Gasteiger partial charge >= 0.3 is 0 Å². The monoisotopic (exact) mass is 315 g/mol. The van der Waals surface area contributed by atoms with Gasteiger partial charge in [0.05, 0.1) is 3.79 Å². The van der Waals surface area contributed by atoms with Gasteiger partial charge in [-0.3, -0.25) is 4.79 Å². The molecule has 0 spiro atoms. The molecule has 1 amide bonds. The summed E-state index contributed by atoms with van der Waals surface area (Å²) in [6.07, 6.45) is 7.50. The first-order valence-electron chi connectivity index (χ1n) is 6.27. The Morgan fingerprint density at radius 3 is 2.82 bits per heavy atom. The van der Waals surface area contributed by atoms with E-state index in [9.17, 15) is 4.79 Å². The van der Waals surface area contributed by atoms with Crippen molar-refractivity contribution in [1.82, 2.24) is 5.32 Å². The van der Waals surface area contributed by atoms with Crippen molar-refractivity contribution >= 4 is 33.2 Å². The fraction of sp³-hybridized carbons (Fsp3) is 0.615. The molecule has 2 nitrogen and oxygen atoms in total. The lowest BCUT2D eigenvalue weighted by Crippen LogP contribution is -2.32. The van der Waals surface area contributed by atoms with E-state index in [1.54, 1.807) is 11.3 Å². The normalized spacial score (nSPS) is 16.3. The minimum absolute atomic E-state index is 0.229. The van der Waals surface area contributed by atoms with Gasteiger partial charge in [0.15, 0.2) is 0 Å². The van der Waals surface area contributed by atoms with Crippen molar-refractivity contribution in [3.05, 3.63) is 20.8 Å². The van der Waals surface area contributed by atoms with E-state index in [2.05, 4.69) is 33.4 Å². The molecule has 1 aromatic rings. The van der Waals surface area contributed by atoms with Crippen molar-refractivity contribution in [3.8, 4) is 0 Å². The van der Waals surface area contributed by atoms with Gasteiger partial charge in [-0.2, -0.15) is 0 Å². The molecule has 0 aromatic carbocycles. The van der Waals surface area contributed by atoms with Crippen LogP contribution in [-0.2, 0) is 11.2 Å². The van der Waals surface area contributed by atoms with Crippen LogP contribution in [-0.4, -0.2) is 11.9 Å². The molecule has 2 rings (SSSR count). The van der Waals surface area contributed by atoms with Gasteiger partial charge in [-0.1, -0.05) is 12.8 Å². The number of nitrogens with one attached hydrogen (secondary N) is 1. The second-order valence-electron chi connectivity index (χ2n) is 4.61. The Morgan fingerprint density at radius 2 is 2.18 bits per heavy atom. The SMILES string of the molecule is O=C(CCCc1ccc(Br)s1)NC1CCCC1. The predicted octanol–water partition coefficient (Wildman–Crippen LogP) is 3.89. The Morgan fingerprint density at radius 1 is 1.41 bits per heavy atom. The summed E-state index contributed by atoms with van der Waals surface area (Å²) in [6, 6.07) is 4.65. The Balaban J connectivity index is 1.62. The number of carbonyl (C=O) groups is 1. The van der Waals surface area contributed by atoms with E-state index in [1.807, 2.05) is 0 Å². The Labute approximate surface area is 115 Å². The third kappa shape index (κ3) is 4.43. The molecule has 0 radical (unpaired) electrons. The first-order chi connectivity index (χ1) is 8.24. The van der Waals surface area contributed by atoms with Crippen LogP contribution in [0.3, 0.4) is 0 Å². The summed E-state index contributed by atoms with van der Waals surface area (Å²) in [5.74, 6) is 0.229. The van der Waals surface area contributed by atoms with Crippen molar-refractivity contribution in [3.63, 3.8) is 0 Å². The van der Waals surface area contributed by atoms with E-state index in [0.717, 1.165) is 12.8 Å². The summed E-state index contributed by atoms with van der Waals surface area (Å²) in [5, 5.41) is 3.13. The fourth-order valence-electron chi connectivity index (χ4n) is 2.28. The smallest absolute Gasteiger partial charge is 0.220 e. The molecule has 1 N–H and O–H groups in total. The molecule has 4 heteroatoms. The van der Waals surface area contributed by atoms with Crippen molar-refractivity contribution in [2.45, 2.75) is 51.0 Å². The van der Waals surface area contributed by atoms with Crippen LogP contribution in [0.1, 0.15) is 43.4 Å². The van der Waals surface area contributed by atoms with Crippen LogP contribution in [0.25, 0.3) is 0 Å². The summed E-state index contributed by atoms with van der Waals surface area (Å²) in [6.45, 7) is 0. The van der Waals surface area contributed by atoms with Crippen molar-refractivity contribution in [1.29, 1.82) is 0 Å². The number of hydrogen-bond acceptors (Lipinski definition) is 2. The van der Waals surface area contributed by atoms with Crippen LogP contribution in [0.5, 0.6) is 0 Å². The van der Waals surface area contributed by atoms with Crippen molar-refractivity contribution < 1.29 is 4.79 Å². The zero-order valence-electron chi connectivity index (χ0n) is 9.88. The first-order valence-corrected chi connectivity index (χ1v) is 7.88. The third-order valence-electron chi connectivity index (χ3n) is 3.18. The van der Waals surface area contributed by atoms with Crippen LogP contribution >= 0.6 is 27.3 Å². The number of aryl methyl sites for hydroxylation is 1. The van der Waals surface area contributed by atoms with Gasteiger partial charge in [0.25, 0.3) is 0 Å². The minimum atomic E-state index is 0.229. The van der Waals surface area contributed by atoms with Crippen LogP contribution in [0.4, 0.5) is 0 Å². The highest BCUT2D eigenvalue weighted by Gasteiger charge is 2.16. The second kappa shape index (κ2) is 6.55. The molecular weight excluding hydrogens is 298 g/mol. The summed E-state index contributed by atoms with van der Waals surface area (Å²) in [4.78, 5) is 13.0. The van der Waals surface area contributed by atoms with E-state index in [1.165, 1.54) is 34.3 Å². The molecule has 0 unspecified atom stereocenters. The molecule has 94 valence electrons. The molecule has 1 heterocycles. The van der Waals surface area contributed by atoms with Crippen LogP contribution in [0.15, 0.2) is 15.9 Å². The number of halogens is 1. The van der Waals surface area contributed by atoms with Crippen LogP contribution in [0, 0.1) is 0 Å². The zero-order chi connectivity index (χ0) is 12.1. The highest BCUT2D eigenvalue weighted by atomic mass is 79.9. The Kier molecular flexibility index (Phi) is 5.04. The summed E-state index contributed by atoms with van der Waals surface area (Å²) in [7, 11) is 0. The average molecular weight is 316 g/mol. The van der Waals surface area contributed by atoms with E-state index < -0.39 is 0 Å². The van der Waals surface area contributed by atoms with E-state index in [4.69, 9.17) is 0 Å². The molecule has 0 bridgehead atoms. The van der Waals surface area contributed by atoms with Crippen molar-refractivity contribution in [2.75, 3.05) is 0 Å². The maximum atomic E-state index is 11.7. The second-order valence-corrected chi connectivity index (χ2v) is 7.16. The Hall–Kier alpha value is -0.350. The molecular formula is C13H18BrNOS. The standard InChI is InChI=1S/C13H18BrNOS/c14-12-9-8-11(17-12)6-3-7-13(16)15-10-4-1-2-5-10/h8-10H,1-7H2,(H,15,16). The number of carbonyl (C=O) groups excluding carboxylic acids is 1. The number of thiophene rings is 1. The largest absolute Gasteiger partial charge is 0.353 e. The molecule has 0 saturated heterocycles. The minimum Gasteiger partial charge on any atom is -0.353 e. The molecule has 1 aliphatic rings. The first kappa shape index (κ1) is 13.1. The van der Waals surface area contributed by atoms with Gasteiger partial charge < -0.3 is 5.32 Å². The number of rotatable bonds is 5. The van der Waals surface area contributed by atoms with Crippen LogP contribution < -0.4 is 5.32 Å². The van der Waals surface area contributed by atoms with E-state index in [-0.39, 0.29) is 5.91 Å². The quantitative estimate of drug-likeness (QED) is 0.877. The van der Waals surface area contributed by atoms with Gasteiger partial charge in [0, 0.05) is 17.3 Å². The van der Waals surface area contributed by atoms with E-state index >= 15 is 0 Å². The van der Waals surface area contributed by atoms with Crippen molar-refractivity contribution in [2.24, 2.45) is 0 Å². The lowest BCUT2D eigenvalue weighted by atomic mass is 10.2. The summed E-state index contributed by atoms with van der Waals surface area (Å²) in [5.41, 5.74) is 0. The lowest BCUT2D eigenvalue weighted by molar-refractivity contribution is -0.121. The summed E-state index contributed by atoms with van der Waals surface area (Å²) >= 11 is 5.21. The highest BCUT2D eigenvalue weighted by molar-refractivity contribution is 9.11. The maximum absolute atomic E-state index is 11.7. The molecule has 0 atom stereocenters. The van der Waals surface area contributed by atoms with Crippen LogP contribution in [0.2, 0.25) is 0 Å². The van der Waals surface area contributed by atoms with Gasteiger partial charge in [-0.25, -0.2) is 0 Å². The summed E-state index contributed by atoms with van der Waals surface area (Å²) < 4.78 is 1.17. The zero-order valence-corrected chi connectivity index (χ0v) is 12.3. The number of hydrogen-bond donors (Lipinski definition) is 1. The predicted molar refractivity (Wildman–Crippen MR) is 75.4 cm³/mol. The molecule has 1 aromatic heterocycles. The van der Waals surface area contributed by atoms with Gasteiger partial charge in [0.1, 0.15) is 0 Å². The molecule has 17 heavy (non-hydrogen) atoms. The fourth-order valence-corrected chi connectivity index (χ4v) is 3.80. The van der Waals surface area contributed by atoms with Gasteiger partial charge in [-0.15, -0.1) is 11.3 Å². The van der Waals surface area contributed by atoms with Gasteiger partial charge in [0.2, 0.25) is 5.91 Å². The third-order valence-corrected chi connectivity index (χ3v) is 4.86. The molecule has 1 fully saturated rings. The van der Waals surface area contributed by atoms with Gasteiger partial charge in [-0.05, 0) is 53.7 Å². The van der Waals surface area contributed by atoms with E-state index in [0.29, 0.717) is 12.5 Å². The highest BCUT2D eigenvalue weighted by Crippen LogP contribution is 2.23. The topological polar surface area (TPSA) is 29.1 Å². The molecule has 1 aliphatic carbocycles. The number of amides is 1. The molecule has 0 aliphatic heterocycles. The molecule has 1 saturated carbocycles.